The molecule has 1 heterocycles. The molecule has 0 spiro atoms. The van der Waals surface area contributed by atoms with E-state index in [0.29, 0.717) is 20.7 Å². The van der Waals surface area contributed by atoms with Gasteiger partial charge in [-0.2, -0.15) is 5.10 Å². The summed E-state index contributed by atoms with van der Waals surface area (Å²) in [6.07, 6.45) is 1.55. The summed E-state index contributed by atoms with van der Waals surface area (Å²) in [5.74, 6) is 0. The minimum Gasteiger partial charge on any atom is -0.258 e. The highest BCUT2D eigenvalue weighted by Gasteiger charge is 2.17. The van der Waals surface area contributed by atoms with Gasteiger partial charge in [0.2, 0.25) is 5.13 Å². The van der Waals surface area contributed by atoms with Crippen LogP contribution in [-0.2, 0) is 0 Å². The van der Waals surface area contributed by atoms with Crippen LogP contribution in [0.25, 0.3) is 21.7 Å². The molecule has 6 nitrogen and oxygen atoms in total. The molecule has 1 N–H and O–H groups in total. The topological polar surface area (TPSA) is 80.4 Å². The molecule has 0 bridgehead atoms. The van der Waals surface area contributed by atoms with Gasteiger partial charge in [-0.3, -0.25) is 15.5 Å². The van der Waals surface area contributed by atoms with E-state index in [0.717, 1.165) is 32.8 Å². The summed E-state index contributed by atoms with van der Waals surface area (Å²) in [6, 6.07) is 17.9. The van der Waals surface area contributed by atoms with Crippen molar-refractivity contribution in [3.8, 4) is 21.7 Å². The van der Waals surface area contributed by atoms with Gasteiger partial charge in [0, 0.05) is 23.3 Å². The van der Waals surface area contributed by atoms with Crippen molar-refractivity contribution in [2.75, 3.05) is 5.43 Å². The van der Waals surface area contributed by atoms with Gasteiger partial charge < -0.3 is 0 Å². The van der Waals surface area contributed by atoms with E-state index in [-0.39, 0.29) is 5.69 Å². The molecule has 0 unspecified atom stereocenters. The summed E-state index contributed by atoms with van der Waals surface area (Å²) in [5, 5.41) is 16.9. The van der Waals surface area contributed by atoms with Crippen molar-refractivity contribution < 1.29 is 4.92 Å². The van der Waals surface area contributed by atoms with Crippen LogP contribution < -0.4 is 5.43 Å². The van der Waals surface area contributed by atoms with Crippen LogP contribution in [0.3, 0.4) is 0 Å². The van der Waals surface area contributed by atoms with Gasteiger partial charge in [0.1, 0.15) is 0 Å². The summed E-state index contributed by atoms with van der Waals surface area (Å²) in [6.45, 7) is 4.07. The quantitative estimate of drug-likeness (QED) is 0.168. The van der Waals surface area contributed by atoms with Crippen LogP contribution in [0.15, 0.2) is 65.8 Å². The van der Waals surface area contributed by atoms with E-state index < -0.39 is 4.92 Å². The molecule has 1 aromatic heterocycles. The highest BCUT2D eigenvalue weighted by atomic mass is 35.5. The van der Waals surface area contributed by atoms with E-state index >= 15 is 0 Å². The van der Waals surface area contributed by atoms with Crippen LogP contribution in [0.5, 0.6) is 0 Å². The lowest BCUT2D eigenvalue weighted by Crippen LogP contribution is -1.92. The SMILES string of the molecule is Cc1ccc(-c2nc(N/N=C\c3c(Cl)cccc3Cl)sc2-c2ccc([N+](=O)[O-])cc2)c(C)c1. The van der Waals surface area contributed by atoms with Crippen LogP contribution >= 0.6 is 34.5 Å². The molecular formula is C24H18Cl2N4O2S. The Hall–Kier alpha value is -3.26. The van der Waals surface area contributed by atoms with Crippen LogP contribution in [-0.4, -0.2) is 16.1 Å². The number of anilines is 1. The van der Waals surface area contributed by atoms with Gasteiger partial charge in [0.05, 0.1) is 31.8 Å². The zero-order valence-corrected chi connectivity index (χ0v) is 20.0. The second kappa shape index (κ2) is 9.70. The molecule has 4 aromatic rings. The molecule has 0 saturated heterocycles. The van der Waals surface area contributed by atoms with Crippen LogP contribution in [0.4, 0.5) is 10.8 Å². The number of thiazole rings is 1. The number of nitrogens with zero attached hydrogens (tertiary/aromatic N) is 3. The molecule has 4 rings (SSSR count). The molecule has 0 fully saturated rings. The molecule has 0 atom stereocenters. The lowest BCUT2D eigenvalue weighted by atomic mass is 10.0. The molecule has 0 amide bonds. The first-order valence-corrected chi connectivity index (χ1v) is 11.5. The third-order valence-electron chi connectivity index (χ3n) is 4.96. The zero-order valence-electron chi connectivity index (χ0n) is 17.7. The van der Waals surface area contributed by atoms with Gasteiger partial charge in [-0.15, -0.1) is 0 Å². The van der Waals surface area contributed by atoms with E-state index in [9.17, 15) is 10.1 Å². The first kappa shape index (κ1) is 22.9. The van der Waals surface area contributed by atoms with Gasteiger partial charge in [-0.05, 0) is 49.2 Å². The summed E-state index contributed by atoms with van der Waals surface area (Å²) >= 11 is 13.8. The molecule has 3 aromatic carbocycles. The maximum absolute atomic E-state index is 11.1. The third kappa shape index (κ3) is 5.06. The van der Waals surface area contributed by atoms with Gasteiger partial charge >= 0.3 is 0 Å². The number of non-ortho nitro benzene ring substituents is 1. The fourth-order valence-electron chi connectivity index (χ4n) is 3.35. The lowest BCUT2D eigenvalue weighted by molar-refractivity contribution is -0.384. The summed E-state index contributed by atoms with van der Waals surface area (Å²) in [7, 11) is 0. The van der Waals surface area contributed by atoms with E-state index in [4.69, 9.17) is 28.2 Å². The number of aromatic nitrogens is 1. The normalized spacial score (nSPS) is 11.2. The van der Waals surface area contributed by atoms with E-state index in [1.807, 2.05) is 26.0 Å². The molecular weight excluding hydrogens is 479 g/mol. The highest BCUT2D eigenvalue weighted by Crippen LogP contribution is 2.40. The minimum atomic E-state index is -0.414. The summed E-state index contributed by atoms with van der Waals surface area (Å²) in [5.41, 5.74) is 8.44. The minimum absolute atomic E-state index is 0.0379. The van der Waals surface area contributed by atoms with Crippen molar-refractivity contribution in [2.24, 2.45) is 5.10 Å². The second-order valence-electron chi connectivity index (χ2n) is 7.32. The zero-order chi connectivity index (χ0) is 23.5. The summed E-state index contributed by atoms with van der Waals surface area (Å²) in [4.78, 5) is 16.3. The average Bonchev–Trinajstić information content (AvgIpc) is 3.19. The van der Waals surface area contributed by atoms with Crippen molar-refractivity contribution in [1.82, 2.24) is 4.98 Å². The number of hydrogen-bond donors (Lipinski definition) is 1. The maximum atomic E-state index is 11.1. The van der Waals surface area contributed by atoms with Crippen molar-refractivity contribution in [3.05, 3.63) is 97.5 Å². The molecule has 166 valence electrons. The van der Waals surface area contributed by atoms with Gasteiger partial charge in [-0.25, -0.2) is 4.98 Å². The fourth-order valence-corrected chi connectivity index (χ4v) is 4.78. The molecule has 0 aliphatic carbocycles. The Morgan fingerprint density at radius 3 is 2.39 bits per heavy atom. The largest absolute Gasteiger partial charge is 0.269 e. The van der Waals surface area contributed by atoms with Gasteiger partial charge in [-0.1, -0.05) is 64.4 Å². The Morgan fingerprint density at radius 2 is 1.76 bits per heavy atom. The molecule has 9 heteroatoms. The highest BCUT2D eigenvalue weighted by molar-refractivity contribution is 7.19. The van der Waals surface area contributed by atoms with Crippen molar-refractivity contribution in [1.29, 1.82) is 0 Å². The first-order chi connectivity index (χ1) is 15.8. The number of nitrogens with one attached hydrogen (secondary N) is 1. The molecule has 0 saturated carbocycles. The number of nitro groups is 1. The van der Waals surface area contributed by atoms with Crippen LogP contribution in [0, 0.1) is 24.0 Å². The molecule has 33 heavy (non-hydrogen) atoms. The van der Waals surface area contributed by atoms with E-state index in [1.165, 1.54) is 23.5 Å². The Kier molecular flexibility index (Phi) is 6.74. The Balaban J connectivity index is 1.73. The maximum Gasteiger partial charge on any atom is 0.269 e. The predicted molar refractivity (Wildman–Crippen MR) is 137 cm³/mol. The number of nitro benzene ring substituents is 1. The van der Waals surface area contributed by atoms with Crippen molar-refractivity contribution in [2.45, 2.75) is 13.8 Å². The van der Waals surface area contributed by atoms with Crippen molar-refractivity contribution in [3.63, 3.8) is 0 Å². The Labute approximate surface area is 204 Å². The number of halogens is 2. The van der Waals surface area contributed by atoms with Gasteiger partial charge in [0.15, 0.2) is 0 Å². The molecule has 0 radical (unpaired) electrons. The van der Waals surface area contributed by atoms with E-state index in [1.54, 1.807) is 36.5 Å². The number of aryl methyl sites for hydroxylation is 2. The molecule has 0 aliphatic rings. The average molecular weight is 497 g/mol. The molecule has 0 aliphatic heterocycles. The number of hydrazone groups is 1. The fraction of sp³-hybridized carbons (Fsp3) is 0.0833. The second-order valence-corrected chi connectivity index (χ2v) is 9.14. The number of rotatable bonds is 6. The van der Waals surface area contributed by atoms with Crippen LogP contribution in [0.2, 0.25) is 10.0 Å². The number of benzene rings is 3. The van der Waals surface area contributed by atoms with Gasteiger partial charge in [0.25, 0.3) is 5.69 Å². The lowest BCUT2D eigenvalue weighted by Gasteiger charge is -2.07. The van der Waals surface area contributed by atoms with Crippen LogP contribution in [0.1, 0.15) is 16.7 Å². The predicted octanol–water partition coefficient (Wildman–Crippen LogP) is 7.75. The van der Waals surface area contributed by atoms with Crippen molar-refractivity contribution >= 4 is 51.6 Å². The first-order valence-electron chi connectivity index (χ1n) is 9.90. The summed E-state index contributed by atoms with van der Waals surface area (Å²) < 4.78 is 0. The standard InChI is InChI=1S/C24H18Cl2N4O2S/c1-14-6-11-18(15(2)12-14)22-23(16-7-9-17(10-8-16)30(31)32)33-24(28-22)29-27-13-19-20(25)4-3-5-21(19)26/h3-13H,1-2H3,(H,28,29)/b27-13-. The Bertz CT molecular complexity index is 1350. The van der Waals surface area contributed by atoms with E-state index in [2.05, 4.69) is 16.6 Å². The number of hydrogen-bond acceptors (Lipinski definition) is 6. The monoisotopic (exact) mass is 496 g/mol. The Morgan fingerprint density at radius 1 is 1.06 bits per heavy atom. The smallest absolute Gasteiger partial charge is 0.258 e. The third-order valence-corrected chi connectivity index (χ3v) is 6.63.